The quantitative estimate of drug-likeness (QED) is 0.776. The average Bonchev–Trinajstić information content (AvgIpc) is 2.99. The first-order chi connectivity index (χ1) is 10.6. The number of aromatic nitrogens is 2. The molecule has 0 spiro atoms. The van der Waals surface area contributed by atoms with E-state index in [0.717, 1.165) is 22.3 Å². The number of fused-ring (bicyclic) bond motifs is 3. The number of anilines is 1. The highest BCUT2D eigenvalue weighted by atomic mass is 32.2. The van der Waals surface area contributed by atoms with E-state index in [2.05, 4.69) is 32.3 Å². The van der Waals surface area contributed by atoms with Crippen molar-refractivity contribution in [3.05, 3.63) is 36.2 Å². The van der Waals surface area contributed by atoms with Crippen LogP contribution in [-0.2, 0) is 10.5 Å². The number of nitrogens with one attached hydrogen (secondary N) is 2. The van der Waals surface area contributed by atoms with Crippen molar-refractivity contribution >= 4 is 23.4 Å². The summed E-state index contributed by atoms with van der Waals surface area (Å²) in [6.45, 7) is 2.08. The van der Waals surface area contributed by atoms with Gasteiger partial charge < -0.3 is 15.7 Å². The van der Waals surface area contributed by atoms with Crippen molar-refractivity contribution in [3.8, 4) is 5.69 Å². The highest BCUT2D eigenvalue weighted by Gasteiger charge is 2.16. The number of carbonyl (C=O) groups is 1. The van der Waals surface area contributed by atoms with Crippen LogP contribution in [0.15, 0.2) is 35.7 Å². The number of nitrogens with zero attached hydrogens (tertiary/aromatic N) is 2. The lowest BCUT2D eigenvalue weighted by Gasteiger charge is -2.20. The molecule has 1 aliphatic rings. The van der Waals surface area contributed by atoms with Crippen LogP contribution >= 0.6 is 11.8 Å². The Morgan fingerprint density at radius 3 is 3.18 bits per heavy atom. The second-order valence-electron chi connectivity index (χ2n) is 5.18. The maximum absolute atomic E-state index is 10.8. The van der Waals surface area contributed by atoms with Gasteiger partial charge in [0.05, 0.1) is 11.8 Å². The van der Waals surface area contributed by atoms with Gasteiger partial charge in [0.25, 0.3) is 0 Å². The number of imidazole rings is 1. The highest BCUT2D eigenvalue weighted by Crippen LogP contribution is 2.34. The average molecular weight is 318 g/mol. The van der Waals surface area contributed by atoms with Crippen LogP contribution in [-0.4, -0.2) is 39.8 Å². The van der Waals surface area contributed by atoms with Gasteiger partial charge in [-0.1, -0.05) is 11.8 Å². The number of amides is 1. The summed E-state index contributed by atoms with van der Waals surface area (Å²) in [5.74, 6) is 0.747. The van der Waals surface area contributed by atoms with E-state index in [-0.39, 0.29) is 12.5 Å². The summed E-state index contributed by atoms with van der Waals surface area (Å²) in [7, 11) is 0. The topological polar surface area (TPSA) is 79.2 Å². The van der Waals surface area contributed by atoms with Gasteiger partial charge in [0.2, 0.25) is 5.91 Å². The summed E-state index contributed by atoms with van der Waals surface area (Å²) in [6.07, 6.45) is 3.15. The van der Waals surface area contributed by atoms with Gasteiger partial charge in [0.15, 0.2) is 5.16 Å². The Bertz CT molecular complexity index is 686. The van der Waals surface area contributed by atoms with Crippen LogP contribution in [0.5, 0.6) is 0 Å². The number of aliphatic hydroxyl groups is 1. The van der Waals surface area contributed by atoms with Crippen molar-refractivity contribution in [1.82, 2.24) is 14.9 Å². The Labute approximate surface area is 132 Å². The van der Waals surface area contributed by atoms with E-state index >= 15 is 0 Å². The minimum atomic E-state index is -0.616. The molecule has 6 nitrogen and oxygen atoms in total. The third kappa shape index (κ3) is 3.26. The molecular weight excluding hydrogens is 300 g/mol. The molecule has 1 aromatic carbocycles. The van der Waals surface area contributed by atoms with Gasteiger partial charge in [-0.05, 0) is 23.8 Å². The van der Waals surface area contributed by atoms with Crippen LogP contribution in [0.25, 0.3) is 5.69 Å². The van der Waals surface area contributed by atoms with E-state index < -0.39 is 6.10 Å². The first kappa shape index (κ1) is 14.9. The van der Waals surface area contributed by atoms with Gasteiger partial charge in [-0.15, -0.1) is 0 Å². The standard InChI is InChI=1S/C15H18N4O2S/c1-10(20)17-7-13(21)8-18-12-2-3-14-11(6-12)9-22-15-16-4-5-19(14)15/h2-6,13,18,21H,7-9H2,1H3,(H,17,20)/t13-/m0/s1. The molecule has 0 saturated carbocycles. The first-order valence-corrected chi connectivity index (χ1v) is 8.08. The first-order valence-electron chi connectivity index (χ1n) is 7.09. The predicted molar refractivity (Wildman–Crippen MR) is 86.3 cm³/mol. The van der Waals surface area contributed by atoms with Crippen molar-refractivity contribution in [2.75, 3.05) is 18.4 Å². The van der Waals surface area contributed by atoms with Crippen molar-refractivity contribution in [3.63, 3.8) is 0 Å². The molecule has 0 saturated heterocycles. The molecule has 0 radical (unpaired) electrons. The fourth-order valence-electron chi connectivity index (χ4n) is 2.34. The molecular formula is C15H18N4O2S. The Morgan fingerprint density at radius 2 is 2.36 bits per heavy atom. The fraction of sp³-hybridized carbons (Fsp3) is 0.333. The Balaban J connectivity index is 1.64. The SMILES string of the molecule is CC(=O)NC[C@H](O)CNc1ccc2c(c1)CSc1nccn1-2. The molecule has 2 aromatic rings. The van der Waals surface area contributed by atoms with Crippen molar-refractivity contribution in [2.24, 2.45) is 0 Å². The van der Waals surface area contributed by atoms with Gasteiger partial charge in [0, 0.05) is 43.8 Å². The maximum atomic E-state index is 10.8. The van der Waals surface area contributed by atoms with Crippen LogP contribution in [0.1, 0.15) is 12.5 Å². The monoisotopic (exact) mass is 318 g/mol. The number of hydrogen-bond acceptors (Lipinski definition) is 5. The van der Waals surface area contributed by atoms with Gasteiger partial charge in [-0.25, -0.2) is 4.98 Å². The molecule has 0 fully saturated rings. The van der Waals surface area contributed by atoms with E-state index in [4.69, 9.17) is 0 Å². The molecule has 3 N–H and O–H groups in total. The largest absolute Gasteiger partial charge is 0.389 e. The number of rotatable bonds is 5. The molecule has 7 heteroatoms. The van der Waals surface area contributed by atoms with Gasteiger partial charge in [-0.3, -0.25) is 9.36 Å². The molecule has 1 amide bonds. The second-order valence-corrected chi connectivity index (χ2v) is 6.13. The summed E-state index contributed by atoms with van der Waals surface area (Å²) < 4.78 is 2.08. The number of benzene rings is 1. The Kier molecular flexibility index (Phi) is 4.35. The normalized spacial score (nSPS) is 13.9. The third-order valence-electron chi connectivity index (χ3n) is 3.43. The van der Waals surface area contributed by atoms with Crippen molar-refractivity contribution in [1.29, 1.82) is 0 Å². The van der Waals surface area contributed by atoms with Crippen LogP contribution in [0, 0.1) is 0 Å². The van der Waals surface area contributed by atoms with E-state index in [1.54, 1.807) is 11.8 Å². The van der Waals surface area contributed by atoms with E-state index in [0.29, 0.717) is 6.54 Å². The zero-order valence-electron chi connectivity index (χ0n) is 12.2. The molecule has 2 heterocycles. The van der Waals surface area contributed by atoms with Gasteiger partial charge in [0.1, 0.15) is 0 Å². The molecule has 1 aliphatic heterocycles. The Morgan fingerprint density at radius 1 is 1.50 bits per heavy atom. The van der Waals surface area contributed by atoms with Gasteiger partial charge >= 0.3 is 0 Å². The molecule has 0 aliphatic carbocycles. The van der Waals surface area contributed by atoms with Crippen LogP contribution < -0.4 is 10.6 Å². The number of aliphatic hydroxyl groups excluding tert-OH is 1. The second kappa shape index (κ2) is 6.41. The molecule has 0 unspecified atom stereocenters. The Hall–Kier alpha value is -1.99. The fourth-order valence-corrected chi connectivity index (χ4v) is 3.29. The zero-order chi connectivity index (χ0) is 15.5. The minimum Gasteiger partial charge on any atom is -0.389 e. The molecule has 22 heavy (non-hydrogen) atoms. The smallest absolute Gasteiger partial charge is 0.216 e. The molecule has 3 rings (SSSR count). The summed E-state index contributed by atoms with van der Waals surface area (Å²) in [5.41, 5.74) is 3.34. The van der Waals surface area contributed by atoms with Crippen molar-refractivity contribution < 1.29 is 9.90 Å². The van der Waals surface area contributed by atoms with Crippen molar-refractivity contribution in [2.45, 2.75) is 23.9 Å². The van der Waals surface area contributed by atoms with Gasteiger partial charge in [-0.2, -0.15) is 0 Å². The maximum Gasteiger partial charge on any atom is 0.216 e. The van der Waals surface area contributed by atoms with E-state index in [9.17, 15) is 9.90 Å². The number of hydrogen-bond donors (Lipinski definition) is 3. The molecule has 1 atom stereocenters. The lowest BCUT2D eigenvalue weighted by atomic mass is 10.1. The summed E-state index contributed by atoms with van der Waals surface area (Å²) in [5, 5.41) is 16.6. The molecule has 0 bridgehead atoms. The lowest BCUT2D eigenvalue weighted by molar-refractivity contribution is -0.119. The highest BCUT2D eigenvalue weighted by molar-refractivity contribution is 7.98. The molecule has 1 aromatic heterocycles. The predicted octanol–water partition coefficient (Wildman–Crippen LogP) is 1.39. The number of carbonyl (C=O) groups excluding carboxylic acids is 1. The van der Waals surface area contributed by atoms with Crippen LogP contribution in [0.2, 0.25) is 0 Å². The summed E-state index contributed by atoms with van der Waals surface area (Å²) in [6, 6.07) is 6.14. The summed E-state index contributed by atoms with van der Waals surface area (Å²) in [4.78, 5) is 15.1. The van der Waals surface area contributed by atoms with Crippen LogP contribution in [0.3, 0.4) is 0 Å². The summed E-state index contributed by atoms with van der Waals surface area (Å²) >= 11 is 1.71. The molecule has 116 valence electrons. The third-order valence-corrected chi connectivity index (χ3v) is 4.45. The lowest BCUT2D eigenvalue weighted by Crippen LogP contribution is -2.34. The zero-order valence-corrected chi connectivity index (χ0v) is 13.1. The van der Waals surface area contributed by atoms with Crippen LogP contribution in [0.4, 0.5) is 5.69 Å². The minimum absolute atomic E-state index is 0.138. The number of thioether (sulfide) groups is 1. The van der Waals surface area contributed by atoms with E-state index in [1.807, 2.05) is 18.5 Å². The van der Waals surface area contributed by atoms with E-state index in [1.165, 1.54) is 12.5 Å².